The first-order valence-electron chi connectivity index (χ1n) is 12.1. The van der Waals surface area contributed by atoms with E-state index in [4.69, 9.17) is 18.6 Å². The number of hydrogen-bond donors (Lipinski definition) is 1. The fourth-order valence-corrected chi connectivity index (χ4v) is 4.99. The number of benzene rings is 2. The molecule has 9 nitrogen and oxygen atoms in total. The van der Waals surface area contributed by atoms with Gasteiger partial charge in [0.2, 0.25) is 0 Å². The third-order valence-electron chi connectivity index (χ3n) is 6.02. The molecule has 5 aromatic rings. The van der Waals surface area contributed by atoms with E-state index in [1.807, 2.05) is 62.6 Å². The Morgan fingerprint density at radius 3 is 2.58 bits per heavy atom. The minimum absolute atomic E-state index is 0.0693. The Bertz CT molecular complexity index is 1670. The number of fused-ring (bicyclic) bond motifs is 3. The van der Waals surface area contributed by atoms with Gasteiger partial charge in [-0.05, 0) is 49.4 Å². The molecule has 1 N–H and O–H groups in total. The van der Waals surface area contributed by atoms with E-state index in [0.29, 0.717) is 19.0 Å². The van der Waals surface area contributed by atoms with Crippen LogP contribution in [0.1, 0.15) is 5.56 Å². The fraction of sp³-hybridized carbons (Fsp3) is 0.214. The first-order chi connectivity index (χ1) is 18.4. The lowest BCUT2D eigenvalue weighted by atomic mass is 10.2. The summed E-state index contributed by atoms with van der Waals surface area (Å²) in [7, 11) is -1.80. The van der Waals surface area contributed by atoms with E-state index in [2.05, 4.69) is 14.9 Å². The molecule has 196 valence electrons. The fourth-order valence-electron chi connectivity index (χ4n) is 4.09. The molecule has 0 unspecified atom stereocenters. The Balaban J connectivity index is 1.10. The summed E-state index contributed by atoms with van der Waals surface area (Å²) in [5.41, 5.74) is 3.77. The van der Waals surface area contributed by atoms with Gasteiger partial charge in [-0.1, -0.05) is 23.8 Å². The summed E-state index contributed by atoms with van der Waals surface area (Å²) in [6.07, 6.45) is 3.64. The quantitative estimate of drug-likeness (QED) is 0.188. The van der Waals surface area contributed by atoms with Gasteiger partial charge in [-0.15, -0.1) is 0 Å². The summed E-state index contributed by atoms with van der Waals surface area (Å²) in [6, 6.07) is 20.0. The molecule has 0 amide bonds. The number of aromatic nitrogens is 3. The topological polar surface area (TPSA) is 105 Å². The lowest BCUT2D eigenvalue weighted by molar-refractivity contribution is 0.0779. The molecule has 0 spiro atoms. The van der Waals surface area contributed by atoms with Crippen LogP contribution in [0.25, 0.3) is 21.9 Å². The van der Waals surface area contributed by atoms with Gasteiger partial charge in [0.1, 0.15) is 23.8 Å². The third kappa shape index (κ3) is 5.77. The third-order valence-corrected chi connectivity index (χ3v) is 7.35. The van der Waals surface area contributed by atoms with Crippen LogP contribution in [-0.4, -0.2) is 49.4 Å². The highest BCUT2D eigenvalue weighted by Gasteiger charge is 2.14. The average molecular weight is 533 g/mol. The average Bonchev–Trinajstić information content (AvgIpc) is 3.20. The van der Waals surface area contributed by atoms with Crippen LogP contribution in [0.3, 0.4) is 0 Å². The van der Waals surface area contributed by atoms with E-state index in [9.17, 15) is 8.42 Å². The first kappa shape index (κ1) is 25.7. The van der Waals surface area contributed by atoms with Crippen molar-refractivity contribution < 1.29 is 22.1 Å². The van der Waals surface area contributed by atoms with E-state index in [-0.39, 0.29) is 18.1 Å². The summed E-state index contributed by atoms with van der Waals surface area (Å²) >= 11 is 0. The summed E-state index contributed by atoms with van der Waals surface area (Å²) in [6.45, 7) is 2.55. The smallest absolute Gasteiger partial charge is 0.297 e. The molecule has 38 heavy (non-hydrogen) atoms. The zero-order valence-corrected chi connectivity index (χ0v) is 21.9. The monoisotopic (exact) mass is 532 g/mol. The standard InChI is InChI=1S/C28H28N4O5S/c1-20-6-8-23(9-7-20)38(33,34)37-17-15-35-14-16-36-22-5-3-4-21(18-22)30-27-11-10-24-25-19-29-13-12-26(25)32(2)28(24)31-27/h3-13,18-19H,14-17H2,1-2H3,(H,30,31). The number of hydrogen-bond acceptors (Lipinski definition) is 8. The maximum atomic E-state index is 12.2. The van der Waals surface area contributed by atoms with Gasteiger partial charge in [0.15, 0.2) is 0 Å². The molecule has 0 aliphatic rings. The van der Waals surface area contributed by atoms with Crippen molar-refractivity contribution in [2.75, 3.05) is 31.7 Å². The zero-order chi connectivity index (χ0) is 26.5. The number of nitrogens with zero attached hydrogens (tertiary/aromatic N) is 3. The van der Waals surface area contributed by atoms with Crippen LogP contribution in [0.4, 0.5) is 11.5 Å². The Morgan fingerprint density at radius 1 is 0.921 bits per heavy atom. The van der Waals surface area contributed by atoms with E-state index in [1.165, 1.54) is 12.1 Å². The molecular weight excluding hydrogens is 504 g/mol. The molecule has 3 aromatic heterocycles. The van der Waals surface area contributed by atoms with Crippen LogP contribution in [0.2, 0.25) is 0 Å². The number of anilines is 2. The molecule has 2 aromatic carbocycles. The molecule has 0 saturated heterocycles. The molecule has 0 saturated carbocycles. The van der Waals surface area contributed by atoms with Gasteiger partial charge in [0.25, 0.3) is 10.1 Å². The van der Waals surface area contributed by atoms with Crippen LogP contribution in [0.5, 0.6) is 5.75 Å². The second-order valence-electron chi connectivity index (χ2n) is 8.72. The molecule has 0 radical (unpaired) electrons. The van der Waals surface area contributed by atoms with Crippen molar-refractivity contribution in [2.45, 2.75) is 11.8 Å². The van der Waals surface area contributed by atoms with Crippen LogP contribution in [-0.2, 0) is 26.1 Å². The minimum atomic E-state index is -3.79. The molecule has 10 heteroatoms. The Kier molecular flexibility index (Phi) is 7.54. The SMILES string of the molecule is Cc1ccc(S(=O)(=O)OCCOCCOc2cccc(Nc3ccc4c5cnccc5n(C)c4n3)c2)cc1. The van der Waals surface area contributed by atoms with Crippen LogP contribution < -0.4 is 10.1 Å². The van der Waals surface area contributed by atoms with Crippen molar-refractivity contribution in [1.82, 2.24) is 14.5 Å². The van der Waals surface area contributed by atoms with Gasteiger partial charge >= 0.3 is 0 Å². The van der Waals surface area contributed by atoms with Crippen molar-refractivity contribution in [1.29, 1.82) is 0 Å². The van der Waals surface area contributed by atoms with Crippen molar-refractivity contribution >= 4 is 43.6 Å². The van der Waals surface area contributed by atoms with Gasteiger partial charge in [-0.2, -0.15) is 8.42 Å². The van der Waals surface area contributed by atoms with Gasteiger partial charge in [0, 0.05) is 42.0 Å². The number of aryl methyl sites for hydroxylation is 2. The molecule has 0 aliphatic heterocycles. The molecule has 0 bridgehead atoms. The second kappa shape index (κ2) is 11.2. The molecule has 5 rings (SSSR count). The van der Waals surface area contributed by atoms with Crippen LogP contribution in [0.15, 0.2) is 84.0 Å². The van der Waals surface area contributed by atoms with Gasteiger partial charge in [-0.3, -0.25) is 9.17 Å². The highest BCUT2D eigenvalue weighted by Crippen LogP contribution is 2.28. The maximum Gasteiger partial charge on any atom is 0.297 e. The molecule has 0 atom stereocenters. The number of nitrogens with one attached hydrogen (secondary N) is 1. The van der Waals surface area contributed by atoms with E-state index in [1.54, 1.807) is 18.3 Å². The zero-order valence-electron chi connectivity index (χ0n) is 21.1. The van der Waals surface area contributed by atoms with Crippen LogP contribution in [0, 0.1) is 6.92 Å². The minimum Gasteiger partial charge on any atom is -0.491 e. The number of pyridine rings is 2. The van der Waals surface area contributed by atoms with Crippen LogP contribution >= 0.6 is 0 Å². The normalized spacial score (nSPS) is 11.7. The number of rotatable bonds is 11. The molecular formula is C28H28N4O5S. The Hall–Kier alpha value is -3.99. The predicted molar refractivity (Wildman–Crippen MR) is 146 cm³/mol. The van der Waals surface area contributed by atoms with E-state index in [0.717, 1.165) is 39.0 Å². The largest absolute Gasteiger partial charge is 0.491 e. The summed E-state index contributed by atoms with van der Waals surface area (Å²) in [5, 5.41) is 5.45. The summed E-state index contributed by atoms with van der Waals surface area (Å²) in [5.74, 6) is 1.39. The van der Waals surface area contributed by atoms with E-state index >= 15 is 0 Å². The van der Waals surface area contributed by atoms with Crippen molar-refractivity contribution in [3.63, 3.8) is 0 Å². The van der Waals surface area contributed by atoms with Gasteiger partial charge in [-0.25, -0.2) is 4.98 Å². The van der Waals surface area contributed by atoms with Gasteiger partial charge in [0.05, 0.1) is 30.2 Å². The maximum absolute atomic E-state index is 12.2. The lowest BCUT2D eigenvalue weighted by Crippen LogP contribution is -2.14. The first-order valence-corrected chi connectivity index (χ1v) is 13.5. The Labute approximate surface area is 221 Å². The predicted octanol–water partition coefficient (Wildman–Crippen LogP) is 4.97. The summed E-state index contributed by atoms with van der Waals surface area (Å²) < 4.78 is 42.7. The summed E-state index contributed by atoms with van der Waals surface area (Å²) in [4.78, 5) is 9.15. The van der Waals surface area contributed by atoms with Crippen molar-refractivity contribution in [3.05, 3.63) is 84.7 Å². The highest BCUT2D eigenvalue weighted by molar-refractivity contribution is 7.86. The molecule has 0 fully saturated rings. The molecule has 3 heterocycles. The number of ether oxygens (including phenoxy) is 2. The van der Waals surface area contributed by atoms with Crippen molar-refractivity contribution in [2.24, 2.45) is 7.05 Å². The van der Waals surface area contributed by atoms with Gasteiger partial charge < -0.3 is 19.4 Å². The Morgan fingerprint density at radius 2 is 1.74 bits per heavy atom. The van der Waals surface area contributed by atoms with Crippen molar-refractivity contribution in [3.8, 4) is 5.75 Å². The van der Waals surface area contributed by atoms with E-state index < -0.39 is 10.1 Å². The molecule has 0 aliphatic carbocycles. The lowest BCUT2D eigenvalue weighted by Gasteiger charge is -2.10. The highest BCUT2D eigenvalue weighted by atomic mass is 32.2. The second-order valence-corrected chi connectivity index (χ2v) is 10.3.